The largest absolute Gasteiger partial charge is 0.469 e. The van der Waals surface area contributed by atoms with Crippen LogP contribution in [0.5, 0.6) is 0 Å². The van der Waals surface area contributed by atoms with E-state index in [1.165, 1.54) is 26.4 Å². The summed E-state index contributed by atoms with van der Waals surface area (Å²) in [5, 5.41) is 3.28. The number of ether oxygens (including phenoxy) is 1. The molecule has 0 aromatic heterocycles. The number of hydrogen-bond acceptors (Lipinski definition) is 3. The SMILES string of the molecule is COC(=O)C1CC[C@H]2[C@@H]3CCC4NC(=O)CC[C@]4(C)[C@@H]3CC[C@]12C. The average Bonchev–Trinajstić information content (AvgIpc) is 2.92. The average molecular weight is 333 g/mol. The molecule has 7 atom stereocenters. The Morgan fingerprint density at radius 3 is 2.54 bits per heavy atom. The zero-order valence-electron chi connectivity index (χ0n) is 15.3. The number of esters is 1. The van der Waals surface area contributed by atoms with Crippen LogP contribution in [0.25, 0.3) is 0 Å². The lowest BCUT2D eigenvalue weighted by Gasteiger charge is -2.60. The van der Waals surface area contributed by atoms with Crippen LogP contribution in [0.3, 0.4) is 0 Å². The van der Waals surface area contributed by atoms with Crippen LogP contribution < -0.4 is 5.32 Å². The van der Waals surface area contributed by atoms with E-state index in [4.69, 9.17) is 4.74 Å². The number of fused-ring (bicyclic) bond motifs is 5. The lowest BCUT2D eigenvalue weighted by molar-refractivity contribution is -0.155. The normalized spacial score (nSPS) is 50.3. The molecule has 0 radical (unpaired) electrons. The molecular formula is C20H31NO3. The van der Waals surface area contributed by atoms with E-state index in [9.17, 15) is 9.59 Å². The molecule has 0 aromatic rings. The van der Waals surface area contributed by atoms with Gasteiger partial charge in [-0.15, -0.1) is 0 Å². The topological polar surface area (TPSA) is 55.4 Å². The maximum atomic E-state index is 12.3. The van der Waals surface area contributed by atoms with Crippen LogP contribution in [-0.2, 0) is 14.3 Å². The lowest BCUT2D eigenvalue weighted by atomic mass is 9.47. The van der Waals surface area contributed by atoms with Crippen LogP contribution in [0.1, 0.15) is 65.2 Å². The second-order valence-electron chi connectivity index (χ2n) is 9.28. The molecule has 3 saturated carbocycles. The maximum absolute atomic E-state index is 12.3. The van der Waals surface area contributed by atoms with E-state index in [1.54, 1.807) is 0 Å². The van der Waals surface area contributed by atoms with Gasteiger partial charge in [-0.3, -0.25) is 9.59 Å². The van der Waals surface area contributed by atoms with Gasteiger partial charge in [-0.1, -0.05) is 13.8 Å². The molecule has 1 N–H and O–H groups in total. The zero-order valence-corrected chi connectivity index (χ0v) is 15.3. The molecule has 134 valence electrons. The standard InChI is InChI=1S/C20H31NO3/c1-19-10-8-14-12(13(19)5-6-15(19)18(23)24-3)4-7-16-20(14,2)11-9-17(22)21-16/h12-16H,4-11H2,1-3H3,(H,21,22)/t12-,13-,14+,15?,16?,19-,20+/m0/s1. The summed E-state index contributed by atoms with van der Waals surface area (Å²) < 4.78 is 5.12. The predicted molar refractivity (Wildman–Crippen MR) is 91.1 cm³/mol. The molecule has 0 spiro atoms. The third-order valence-corrected chi connectivity index (χ3v) is 8.58. The van der Waals surface area contributed by atoms with Crippen LogP contribution in [0.4, 0.5) is 0 Å². The molecule has 1 saturated heterocycles. The summed E-state index contributed by atoms with van der Waals surface area (Å²) in [5.74, 6) is 2.40. The highest BCUT2D eigenvalue weighted by Crippen LogP contribution is 2.65. The second kappa shape index (κ2) is 5.47. The van der Waals surface area contributed by atoms with Crippen molar-refractivity contribution >= 4 is 11.9 Å². The molecule has 2 unspecified atom stereocenters. The third kappa shape index (κ3) is 2.10. The van der Waals surface area contributed by atoms with Crippen LogP contribution >= 0.6 is 0 Å². The molecule has 4 heteroatoms. The summed E-state index contributed by atoms with van der Waals surface area (Å²) in [6, 6.07) is 0.363. The van der Waals surface area contributed by atoms with Crippen molar-refractivity contribution in [2.75, 3.05) is 7.11 Å². The second-order valence-corrected chi connectivity index (χ2v) is 9.28. The monoisotopic (exact) mass is 333 g/mol. The third-order valence-electron chi connectivity index (χ3n) is 8.58. The van der Waals surface area contributed by atoms with Crippen LogP contribution in [0.2, 0.25) is 0 Å². The fraction of sp³-hybridized carbons (Fsp3) is 0.900. The highest BCUT2D eigenvalue weighted by atomic mass is 16.5. The van der Waals surface area contributed by atoms with Gasteiger partial charge in [-0.2, -0.15) is 0 Å². The summed E-state index contributed by atoms with van der Waals surface area (Å²) in [6.45, 7) is 4.77. The Kier molecular flexibility index (Phi) is 3.74. The highest BCUT2D eigenvalue weighted by molar-refractivity contribution is 5.77. The van der Waals surface area contributed by atoms with Gasteiger partial charge in [0.05, 0.1) is 13.0 Å². The molecule has 1 amide bonds. The number of nitrogens with one attached hydrogen (secondary N) is 1. The van der Waals surface area contributed by atoms with E-state index in [0.29, 0.717) is 24.3 Å². The first kappa shape index (κ1) is 16.4. The Balaban J connectivity index is 1.61. The van der Waals surface area contributed by atoms with Crippen LogP contribution in [-0.4, -0.2) is 25.0 Å². The van der Waals surface area contributed by atoms with Crippen molar-refractivity contribution in [2.45, 2.75) is 71.3 Å². The number of methoxy groups -OCH3 is 1. The first-order valence-corrected chi connectivity index (χ1v) is 9.77. The number of hydrogen-bond donors (Lipinski definition) is 1. The van der Waals surface area contributed by atoms with Crippen molar-refractivity contribution in [2.24, 2.45) is 34.5 Å². The van der Waals surface area contributed by atoms with Gasteiger partial charge in [0.15, 0.2) is 0 Å². The van der Waals surface area contributed by atoms with Crippen LogP contribution in [0, 0.1) is 34.5 Å². The van der Waals surface area contributed by atoms with Crippen molar-refractivity contribution in [1.82, 2.24) is 5.32 Å². The van der Waals surface area contributed by atoms with E-state index in [2.05, 4.69) is 19.2 Å². The molecule has 4 rings (SSSR count). The van der Waals surface area contributed by atoms with Crippen molar-refractivity contribution in [3.63, 3.8) is 0 Å². The van der Waals surface area contributed by atoms with Gasteiger partial charge in [-0.25, -0.2) is 0 Å². The summed E-state index contributed by atoms with van der Waals surface area (Å²) >= 11 is 0. The van der Waals surface area contributed by atoms with E-state index >= 15 is 0 Å². The van der Waals surface area contributed by atoms with E-state index < -0.39 is 0 Å². The van der Waals surface area contributed by atoms with Crippen molar-refractivity contribution in [3.8, 4) is 0 Å². The first-order chi connectivity index (χ1) is 11.4. The zero-order chi connectivity index (χ0) is 17.1. The number of rotatable bonds is 1. The number of carbonyl (C=O) groups is 2. The molecule has 1 heterocycles. The lowest BCUT2D eigenvalue weighted by Crippen LogP contribution is -2.61. The van der Waals surface area contributed by atoms with E-state index in [1.807, 2.05) is 0 Å². The molecule has 3 aliphatic carbocycles. The molecule has 1 aliphatic heterocycles. The molecule has 4 nitrogen and oxygen atoms in total. The van der Waals surface area contributed by atoms with E-state index in [-0.39, 0.29) is 28.6 Å². The smallest absolute Gasteiger partial charge is 0.309 e. The van der Waals surface area contributed by atoms with Gasteiger partial charge in [0.25, 0.3) is 0 Å². The number of amides is 1. The maximum Gasteiger partial charge on any atom is 0.309 e. The Bertz CT molecular complexity index is 561. The summed E-state index contributed by atoms with van der Waals surface area (Å²) in [7, 11) is 1.53. The summed E-state index contributed by atoms with van der Waals surface area (Å²) in [5.41, 5.74) is 0.372. The van der Waals surface area contributed by atoms with Gasteiger partial charge in [0.2, 0.25) is 5.91 Å². The molecule has 0 bridgehead atoms. The minimum Gasteiger partial charge on any atom is -0.469 e. The highest BCUT2D eigenvalue weighted by Gasteiger charge is 2.61. The Labute approximate surface area is 145 Å². The number of carbonyl (C=O) groups excluding carboxylic acids is 2. The van der Waals surface area contributed by atoms with E-state index in [0.717, 1.165) is 31.6 Å². The van der Waals surface area contributed by atoms with Gasteiger partial charge in [0.1, 0.15) is 0 Å². The molecular weight excluding hydrogens is 302 g/mol. The minimum atomic E-state index is 0.00303. The van der Waals surface area contributed by atoms with Gasteiger partial charge in [-0.05, 0) is 73.5 Å². The Morgan fingerprint density at radius 1 is 1.04 bits per heavy atom. The van der Waals surface area contributed by atoms with Gasteiger partial charge < -0.3 is 10.1 Å². The van der Waals surface area contributed by atoms with Crippen molar-refractivity contribution in [1.29, 1.82) is 0 Å². The molecule has 4 fully saturated rings. The minimum absolute atomic E-state index is 0.00303. The Morgan fingerprint density at radius 2 is 1.79 bits per heavy atom. The van der Waals surface area contributed by atoms with Crippen LogP contribution in [0.15, 0.2) is 0 Å². The molecule has 24 heavy (non-hydrogen) atoms. The quantitative estimate of drug-likeness (QED) is 0.749. The fourth-order valence-corrected chi connectivity index (χ4v) is 7.23. The Hall–Kier alpha value is -1.06. The van der Waals surface area contributed by atoms with Crippen molar-refractivity contribution in [3.05, 3.63) is 0 Å². The number of piperidine rings is 1. The first-order valence-electron chi connectivity index (χ1n) is 9.77. The van der Waals surface area contributed by atoms with Gasteiger partial charge >= 0.3 is 5.97 Å². The fourth-order valence-electron chi connectivity index (χ4n) is 7.23. The summed E-state index contributed by atoms with van der Waals surface area (Å²) in [4.78, 5) is 24.1. The van der Waals surface area contributed by atoms with Crippen molar-refractivity contribution < 1.29 is 14.3 Å². The summed E-state index contributed by atoms with van der Waals surface area (Å²) in [6.07, 6.45) is 8.54. The van der Waals surface area contributed by atoms with Gasteiger partial charge in [0, 0.05) is 12.5 Å². The molecule has 4 aliphatic rings. The predicted octanol–water partition coefficient (Wildman–Crippen LogP) is 3.30. The molecule has 0 aromatic carbocycles.